The van der Waals surface area contributed by atoms with E-state index in [0.29, 0.717) is 61.6 Å². The maximum absolute atomic E-state index is 12.0. The molecule has 0 saturated carbocycles. The molecule has 0 saturated heterocycles. The Kier molecular flexibility index (Phi) is 10.8. The van der Waals surface area contributed by atoms with Crippen LogP contribution < -0.4 is 18.9 Å². The lowest BCUT2D eigenvalue weighted by Gasteiger charge is -2.20. The van der Waals surface area contributed by atoms with E-state index in [2.05, 4.69) is 0 Å². The van der Waals surface area contributed by atoms with E-state index in [1.807, 2.05) is 34.6 Å². The second-order valence-electron chi connectivity index (χ2n) is 5.53. The summed E-state index contributed by atoms with van der Waals surface area (Å²) in [6, 6.07) is 1.77. The molecule has 6 nitrogen and oxygen atoms in total. The van der Waals surface area contributed by atoms with Crippen molar-refractivity contribution in [2.75, 3.05) is 33.0 Å². The van der Waals surface area contributed by atoms with E-state index in [-0.39, 0.29) is 0 Å². The summed E-state index contributed by atoms with van der Waals surface area (Å²) in [4.78, 5) is 12.0. The molecule has 0 aliphatic carbocycles. The molecule has 0 aliphatic heterocycles. The normalized spacial score (nSPS) is 10.7. The largest absolute Gasteiger partial charge is 0.493 e. The van der Waals surface area contributed by atoms with Gasteiger partial charge in [-0.15, -0.1) is 0 Å². The molecule has 0 aliphatic rings. The maximum atomic E-state index is 12.0. The second-order valence-corrected chi connectivity index (χ2v) is 5.53. The zero-order valence-corrected chi connectivity index (χ0v) is 17.1. The van der Waals surface area contributed by atoms with Gasteiger partial charge in [-0.25, -0.2) is 4.79 Å². The molecular weight excluding hydrogens is 348 g/mol. The number of carbonyl (C=O) groups excluding carboxylic acids is 1. The lowest BCUT2D eigenvalue weighted by atomic mass is 10.1. The number of esters is 1. The van der Waals surface area contributed by atoms with Crippen LogP contribution >= 0.6 is 0 Å². The fourth-order valence-corrected chi connectivity index (χ4v) is 2.39. The first kappa shape index (κ1) is 22.7. The Morgan fingerprint density at radius 3 is 2.04 bits per heavy atom. The van der Waals surface area contributed by atoms with E-state index in [1.165, 1.54) is 6.08 Å². The van der Waals surface area contributed by atoms with E-state index in [4.69, 9.17) is 23.7 Å². The minimum Gasteiger partial charge on any atom is -0.493 e. The predicted octanol–water partition coefficient (Wildman–Crippen LogP) is 4.64. The topological polar surface area (TPSA) is 63.2 Å². The van der Waals surface area contributed by atoms with Gasteiger partial charge in [0, 0.05) is 12.1 Å². The average molecular weight is 380 g/mol. The Labute approximate surface area is 162 Å². The fourth-order valence-electron chi connectivity index (χ4n) is 2.39. The highest BCUT2D eigenvalue weighted by molar-refractivity contribution is 5.89. The molecule has 0 aromatic heterocycles. The summed E-state index contributed by atoms with van der Waals surface area (Å²) in [5.74, 6) is 1.70. The summed E-state index contributed by atoms with van der Waals surface area (Å²) in [5, 5.41) is 0. The number of hydrogen-bond acceptors (Lipinski definition) is 6. The van der Waals surface area contributed by atoms with Crippen molar-refractivity contribution in [2.24, 2.45) is 0 Å². The van der Waals surface area contributed by atoms with Crippen molar-refractivity contribution in [3.05, 3.63) is 17.7 Å². The summed E-state index contributed by atoms with van der Waals surface area (Å²) in [5.41, 5.74) is 0.623. The third-order valence-corrected chi connectivity index (χ3v) is 3.51. The Morgan fingerprint density at radius 2 is 1.44 bits per heavy atom. The first-order chi connectivity index (χ1) is 13.1. The van der Waals surface area contributed by atoms with E-state index in [9.17, 15) is 4.79 Å². The number of ether oxygens (including phenoxy) is 5. The molecule has 0 radical (unpaired) electrons. The highest BCUT2D eigenvalue weighted by Gasteiger charge is 2.21. The smallest absolute Gasteiger partial charge is 0.330 e. The molecule has 0 heterocycles. The van der Waals surface area contributed by atoms with Crippen LogP contribution in [-0.2, 0) is 9.53 Å². The van der Waals surface area contributed by atoms with Crippen LogP contribution in [0, 0.1) is 0 Å². The molecular formula is C21H32O6. The van der Waals surface area contributed by atoms with Crippen LogP contribution in [0.25, 0.3) is 6.08 Å². The zero-order chi connectivity index (χ0) is 20.1. The molecule has 1 aromatic rings. The molecule has 1 aromatic carbocycles. The molecule has 0 bridgehead atoms. The van der Waals surface area contributed by atoms with Crippen LogP contribution in [0.2, 0.25) is 0 Å². The highest BCUT2D eigenvalue weighted by atomic mass is 16.5. The maximum Gasteiger partial charge on any atom is 0.330 e. The molecule has 6 heteroatoms. The van der Waals surface area contributed by atoms with Gasteiger partial charge in [-0.2, -0.15) is 0 Å². The minimum absolute atomic E-state index is 0.403. The van der Waals surface area contributed by atoms with Gasteiger partial charge in [0.1, 0.15) is 5.75 Å². The Hall–Kier alpha value is -2.37. The van der Waals surface area contributed by atoms with Crippen LogP contribution in [0.3, 0.4) is 0 Å². The van der Waals surface area contributed by atoms with Crippen LogP contribution in [0.1, 0.15) is 53.0 Å². The molecule has 27 heavy (non-hydrogen) atoms. The zero-order valence-electron chi connectivity index (χ0n) is 17.1. The van der Waals surface area contributed by atoms with E-state index in [0.717, 1.165) is 12.8 Å². The van der Waals surface area contributed by atoms with Crippen molar-refractivity contribution in [3.63, 3.8) is 0 Å². The Morgan fingerprint density at radius 1 is 0.852 bits per heavy atom. The second kappa shape index (κ2) is 12.9. The number of benzene rings is 1. The van der Waals surface area contributed by atoms with E-state index in [1.54, 1.807) is 12.1 Å². The van der Waals surface area contributed by atoms with Crippen molar-refractivity contribution < 1.29 is 28.5 Å². The first-order valence-corrected chi connectivity index (χ1v) is 9.69. The summed E-state index contributed by atoms with van der Waals surface area (Å²) in [6.07, 6.45) is 4.83. The summed E-state index contributed by atoms with van der Waals surface area (Å²) in [7, 11) is 0. The van der Waals surface area contributed by atoms with Crippen molar-refractivity contribution in [3.8, 4) is 23.0 Å². The van der Waals surface area contributed by atoms with Crippen molar-refractivity contribution >= 4 is 12.0 Å². The molecule has 0 amide bonds. The minimum atomic E-state index is -0.403. The first-order valence-electron chi connectivity index (χ1n) is 9.69. The van der Waals surface area contributed by atoms with Gasteiger partial charge in [0.15, 0.2) is 11.5 Å². The number of hydrogen-bond donors (Lipinski definition) is 0. The fraction of sp³-hybridized carbons (Fsp3) is 0.571. The summed E-state index contributed by atoms with van der Waals surface area (Å²) < 4.78 is 28.3. The summed E-state index contributed by atoms with van der Waals surface area (Å²) in [6.45, 7) is 11.9. The van der Waals surface area contributed by atoms with E-state index < -0.39 is 5.97 Å². The Bertz CT molecular complexity index is 609. The lowest BCUT2D eigenvalue weighted by molar-refractivity contribution is -0.137. The highest BCUT2D eigenvalue weighted by Crippen LogP contribution is 2.46. The molecule has 0 unspecified atom stereocenters. The summed E-state index contributed by atoms with van der Waals surface area (Å²) >= 11 is 0. The van der Waals surface area contributed by atoms with Crippen LogP contribution in [0.15, 0.2) is 12.1 Å². The van der Waals surface area contributed by atoms with Gasteiger partial charge in [0.25, 0.3) is 0 Å². The molecule has 152 valence electrons. The number of carbonyl (C=O) groups is 1. The molecule has 0 spiro atoms. The van der Waals surface area contributed by atoms with Gasteiger partial charge >= 0.3 is 5.97 Å². The number of rotatable bonds is 13. The van der Waals surface area contributed by atoms with Crippen LogP contribution in [-0.4, -0.2) is 39.0 Å². The monoisotopic (exact) mass is 380 g/mol. The van der Waals surface area contributed by atoms with Gasteiger partial charge in [0.2, 0.25) is 5.75 Å². The Balaban J connectivity index is 3.34. The van der Waals surface area contributed by atoms with Crippen LogP contribution in [0.5, 0.6) is 23.0 Å². The van der Waals surface area contributed by atoms with Gasteiger partial charge in [-0.3, -0.25) is 0 Å². The average Bonchev–Trinajstić information content (AvgIpc) is 2.65. The van der Waals surface area contributed by atoms with Gasteiger partial charge in [0.05, 0.1) is 38.6 Å². The van der Waals surface area contributed by atoms with Crippen molar-refractivity contribution in [1.82, 2.24) is 0 Å². The van der Waals surface area contributed by atoms with Gasteiger partial charge in [-0.1, -0.05) is 13.3 Å². The lowest BCUT2D eigenvalue weighted by Crippen LogP contribution is -2.06. The van der Waals surface area contributed by atoms with Crippen molar-refractivity contribution in [1.29, 1.82) is 0 Å². The third-order valence-electron chi connectivity index (χ3n) is 3.51. The quantitative estimate of drug-likeness (QED) is 0.282. The molecule has 1 rings (SSSR count). The van der Waals surface area contributed by atoms with Gasteiger partial charge < -0.3 is 23.7 Å². The molecule has 0 atom stereocenters. The van der Waals surface area contributed by atoms with E-state index >= 15 is 0 Å². The third kappa shape index (κ3) is 7.04. The predicted molar refractivity (Wildman–Crippen MR) is 106 cm³/mol. The van der Waals surface area contributed by atoms with Gasteiger partial charge in [-0.05, 0) is 40.2 Å². The number of unbranched alkanes of at least 4 members (excludes halogenated alkanes) is 1. The molecule has 0 N–H and O–H groups in total. The standard InChI is InChI=1S/C21H32O6/c1-6-11-14-27-19(22)13-12-16-17(23-7-2)15-18(24-8-3)21(26-10-5)20(16)25-9-4/h12-13,15H,6-11,14H2,1-5H3. The molecule has 0 fully saturated rings. The van der Waals surface area contributed by atoms with Crippen LogP contribution in [0.4, 0.5) is 0 Å². The SMILES string of the molecule is CCCCOC(=O)C=Cc1c(OCC)cc(OCC)c(OCC)c1OCC. The van der Waals surface area contributed by atoms with Crippen molar-refractivity contribution in [2.45, 2.75) is 47.5 Å².